The van der Waals surface area contributed by atoms with Crippen molar-refractivity contribution < 1.29 is 4.79 Å². The van der Waals surface area contributed by atoms with Gasteiger partial charge in [-0.1, -0.05) is 20.8 Å². The number of aromatic nitrogens is 1. The normalized spacial score (nSPS) is 19.6. The number of hydrogen-bond acceptors (Lipinski definition) is 3. The summed E-state index contributed by atoms with van der Waals surface area (Å²) >= 11 is 0. The molecule has 1 aromatic heterocycles. The van der Waals surface area contributed by atoms with E-state index in [-0.39, 0.29) is 5.78 Å². The Bertz CT molecular complexity index is 411. The number of ketones is 1. The summed E-state index contributed by atoms with van der Waals surface area (Å²) in [5.74, 6) is 1.63. The van der Waals surface area contributed by atoms with E-state index in [1.807, 2.05) is 25.3 Å². The number of hydrogen-bond donors (Lipinski definition) is 0. The molecule has 0 aromatic carbocycles. The lowest BCUT2D eigenvalue weighted by molar-refractivity contribution is 0.0983. The molecule has 1 fully saturated rings. The van der Waals surface area contributed by atoms with E-state index >= 15 is 0 Å². The second-order valence-electron chi connectivity index (χ2n) is 5.42. The van der Waals surface area contributed by atoms with Crippen LogP contribution in [-0.2, 0) is 0 Å². The van der Waals surface area contributed by atoms with Gasteiger partial charge < -0.3 is 4.90 Å². The summed E-state index contributed by atoms with van der Waals surface area (Å²) in [5, 5.41) is 0. The summed E-state index contributed by atoms with van der Waals surface area (Å²) in [6.45, 7) is 8.66. The molecule has 1 atom stereocenters. The van der Waals surface area contributed by atoms with Crippen molar-refractivity contribution in [1.29, 1.82) is 0 Å². The van der Waals surface area contributed by atoms with Crippen LogP contribution in [0.15, 0.2) is 18.3 Å². The SMILES string of the molecule is CCC(=O)c1ccc(N2CCC(C(C)C)C2)cn1. The minimum atomic E-state index is 0.114. The standard InChI is InChI=1S/C15H22N2O/c1-4-15(18)14-6-5-13(9-16-14)17-8-7-12(10-17)11(2)3/h5-6,9,11-12H,4,7-8,10H2,1-3H3. The fourth-order valence-electron chi connectivity index (χ4n) is 2.49. The first kappa shape index (κ1) is 13.1. The zero-order chi connectivity index (χ0) is 13.1. The van der Waals surface area contributed by atoms with Gasteiger partial charge in [-0.05, 0) is 30.4 Å². The van der Waals surface area contributed by atoms with Gasteiger partial charge in [-0.15, -0.1) is 0 Å². The number of carbonyl (C=O) groups is 1. The van der Waals surface area contributed by atoms with Crippen LogP contribution in [0, 0.1) is 11.8 Å². The Morgan fingerprint density at radius 1 is 1.50 bits per heavy atom. The molecule has 0 saturated carbocycles. The van der Waals surface area contributed by atoms with E-state index in [0.29, 0.717) is 12.1 Å². The highest BCUT2D eigenvalue weighted by molar-refractivity contribution is 5.94. The molecular weight excluding hydrogens is 224 g/mol. The third-order valence-corrected chi connectivity index (χ3v) is 3.89. The number of anilines is 1. The van der Waals surface area contributed by atoms with Crippen LogP contribution < -0.4 is 4.90 Å². The predicted molar refractivity (Wildman–Crippen MR) is 74.0 cm³/mol. The molecule has 1 saturated heterocycles. The first-order valence-electron chi connectivity index (χ1n) is 6.86. The van der Waals surface area contributed by atoms with Crippen LogP contribution >= 0.6 is 0 Å². The van der Waals surface area contributed by atoms with Gasteiger partial charge in [0, 0.05) is 19.5 Å². The molecule has 3 heteroatoms. The van der Waals surface area contributed by atoms with Crippen LogP contribution in [0.25, 0.3) is 0 Å². The molecule has 0 bridgehead atoms. The third kappa shape index (κ3) is 2.71. The molecule has 18 heavy (non-hydrogen) atoms. The maximum atomic E-state index is 11.5. The van der Waals surface area contributed by atoms with Gasteiger partial charge in [0.25, 0.3) is 0 Å². The third-order valence-electron chi connectivity index (χ3n) is 3.89. The van der Waals surface area contributed by atoms with E-state index in [4.69, 9.17) is 0 Å². The lowest BCUT2D eigenvalue weighted by atomic mass is 9.95. The van der Waals surface area contributed by atoms with Crippen molar-refractivity contribution in [3.63, 3.8) is 0 Å². The van der Waals surface area contributed by atoms with E-state index in [0.717, 1.165) is 30.6 Å². The Balaban J connectivity index is 2.05. The van der Waals surface area contributed by atoms with E-state index in [9.17, 15) is 4.79 Å². The summed E-state index contributed by atoms with van der Waals surface area (Å²) in [4.78, 5) is 18.2. The van der Waals surface area contributed by atoms with Crippen molar-refractivity contribution in [3.8, 4) is 0 Å². The van der Waals surface area contributed by atoms with Crippen molar-refractivity contribution >= 4 is 11.5 Å². The van der Waals surface area contributed by atoms with Gasteiger partial charge in [0.1, 0.15) is 5.69 Å². The Morgan fingerprint density at radius 2 is 2.28 bits per heavy atom. The van der Waals surface area contributed by atoms with Crippen molar-refractivity contribution in [2.75, 3.05) is 18.0 Å². The minimum absolute atomic E-state index is 0.114. The Hall–Kier alpha value is -1.38. The van der Waals surface area contributed by atoms with Gasteiger partial charge in [-0.3, -0.25) is 9.78 Å². The van der Waals surface area contributed by atoms with E-state index in [1.54, 1.807) is 0 Å². The number of rotatable bonds is 4. The molecule has 1 unspecified atom stereocenters. The summed E-state index contributed by atoms with van der Waals surface area (Å²) in [6.07, 6.45) is 3.62. The highest BCUT2D eigenvalue weighted by Gasteiger charge is 2.25. The van der Waals surface area contributed by atoms with E-state index < -0.39 is 0 Å². The fourth-order valence-corrected chi connectivity index (χ4v) is 2.49. The van der Waals surface area contributed by atoms with Crippen LogP contribution in [0.3, 0.4) is 0 Å². The Labute approximate surface area is 109 Å². The summed E-state index contributed by atoms with van der Waals surface area (Å²) in [6, 6.07) is 3.88. The number of carbonyl (C=O) groups excluding carboxylic acids is 1. The van der Waals surface area contributed by atoms with Crippen LogP contribution in [0.5, 0.6) is 0 Å². The quantitative estimate of drug-likeness (QED) is 0.765. The van der Waals surface area contributed by atoms with Gasteiger partial charge in [0.05, 0.1) is 11.9 Å². The average molecular weight is 246 g/mol. The molecule has 0 aliphatic carbocycles. The lowest BCUT2D eigenvalue weighted by Gasteiger charge is -2.19. The maximum absolute atomic E-state index is 11.5. The van der Waals surface area contributed by atoms with Crippen molar-refractivity contribution in [2.45, 2.75) is 33.6 Å². The summed E-state index contributed by atoms with van der Waals surface area (Å²) in [7, 11) is 0. The maximum Gasteiger partial charge on any atom is 0.180 e. The predicted octanol–water partition coefficient (Wildman–Crippen LogP) is 3.16. The molecule has 1 aromatic rings. The molecule has 2 rings (SSSR count). The second-order valence-corrected chi connectivity index (χ2v) is 5.42. The zero-order valence-electron chi connectivity index (χ0n) is 11.5. The van der Waals surface area contributed by atoms with Gasteiger partial charge in [-0.2, -0.15) is 0 Å². The second kappa shape index (κ2) is 5.51. The largest absolute Gasteiger partial charge is 0.370 e. The molecule has 0 spiro atoms. The van der Waals surface area contributed by atoms with Crippen LogP contribution in [-0.4, -0.2) is 23.9 Å². The molecule has 0 radical (unpaired) electrons. The molecule has 0 amide bonds. The minimum Gasteiger partial charge on any atom is -0.370 e. The fraction of sp³-hybridized carbons (Fsp3) is 0.600. The monoisotopic (exact) mass is 246 g/mol. The van der Waals surface area contributed by atoms with E-state index in [1.165, 1.54) is 6.42 Å². The van der Waals surface area contributed by atoms with E-state index in [2.05, 4.69) is 23.7 Å². The van der Waals surface area contributed by atoms with Crippen molar-refractivity contribution in [2.24, 2.45) is 11.8 Å². The zero-order valence-corrected chi connectivity index (χ0v) is 11.5. The highest BCUT2D eigenvalue weighted by Crippen LogP contribution is 2.27. The molecule has 2 heterocycles. The van der Waals surface area contributed by atoms with Gasteiger partial charge >= 0.3 is 0 Å². The van der Waals surface area contributed by atoms with Gasteiger partial charge in [0.15, 0.2) is 5.78 Å². The Morgan fingerprint density at radius 3 is 2.78 bits per heavy atom. The lowest BCUT2D eigenvalue weighted by Crippen LogP contribution is -2.21. The van der Waals surface area contributed by atoms with Gasteiger partial charge in [-0.25, -0.2) is 0 Å². The topological polar surface area (TPSA) is 33.2 Å². The number of Topliss-reactive ketones (excluding diaryl/α,β-unsaturated/α-hetero) is 1. The molecular formula is C15H22N2O. The summed E-state index contributed by atoms with van der Waals surface area (Å²) in [5.41, 5.74) is 1.73. The first-order chi connectivity index (χ1) is 8.61. The molecule has 3 nitrogen and oxygen atoms in total. The van der Waals surface area contributed by atoms with Crippen LogP contribution in [0.4, 0.5) is 5.69 Å². The smallest absolute Gasteiger partial charge is 0.180 e. The molecule has 1 aliphatic heterocycles. The Kier molecular flexibility index (Phi) is 4.00. The van der Waals surface area contributed by atoms with Crippen LogP contribution in [0.1, 0.15) is 44.1 Å². The molecule has 0 N–H and O–H groups in total. The molecule has 1 aliphatic rings. The number of pyridine rings is 1. The van der Waals surface area contributed by atoms with Crippen molar-refractivity contribution in [1.82, 2.24) is 4.98 Å². The summed E-state index contributed by atoms with van der Waals surface area (Å²) < 4.78 is 0. The average Bonchev–Trinajstić information content (AvgIpc) is 2.88. The number of nitrogens with zero attached hydrogens (tertiary/aromatic N) is 2. The highest BCUT2D eigenvalue weighted by atomic mass is 16.1. The molecule has 98 valence electrons. The van der Waals surface area contributed by atoms with Gasteiger partial charge in [0.2, 0.25) is 0 Å². The first-order valence-corrected chi connectivity index (χ1v) is 6.86. The van der Waals surface area contributed by atoms with Crippen molar-refractivity contribution in [3.05, 3.63) is 24.0 Å². The van der Waals surface area contributed by atoms with Crippen LogP contribution in [0.2, 0.25) is 0 Å².